The van der Waals surface area contributed by atoms with E-state index in [0.29, 0.717) is 5.56 Å². The zero-order valence-electron chi connectivity index (χ0n) is 12.7. The van der Waals surface area contributed by atoms with Crippen molar-refractivity contribution in [2.24, 2.45) is 0 Å². The van der Waals surface area contributed by atoms with Crippen LogP contribution in [-0.4, -0.2) is 34.3 Å². The van der Waals surface area contributed by atoms with Crippen LogP contribution in [0.15, 0.2) is 36.5 Å². The Hall–Kier alpha value is -1.74. The van der Waals surface area contributed by atoms with Crippen molar-refractivity contribution >= 4 is 16.7 Å². The molecule has 0 radical (unpaired) electrons. The summed E-state index contributed by atoms with van der Waals surface area (Å²) < 4.78 is 0. The number of pyridine rings is 1. The molecule has 0 aliphatic heterocycles. The van der Waals surface area contributed by atoms with E-state index in [1.807, 2.05) is 44.2 Å². The van der Waals surface area contributed by atoms with Crippen molar-refractivity contribution in [1.29, 1.82) is 0 Å². The van der Waals surface area contributed by atoms with Gasteiger partial charge in [0.15, 0.2) is 5.78 Å². The first-order valence-electron chi connectivity index (χ1n) is 7.15. The molecule has 1 aromatic carbocycles. The highest BCUT2D eigenvalue weighted by Crippen LogP contribution is 2.22. The molecule has 0 saturated heterocycles. The van der Waals surface area contributed by atoms with Gasteiger partial charge in [-0.2, -0.15) is 0 Å². The van der Waals surface area contributed by atoms with E-state index in [1.54, 1.807) is 6.20 Å². The van der Waals surface area contributed by atoms with Crippen molar-refractivity contribution in [1.82, 2.24) is 9.88 Å². The fourth-order valence-corrected chi connectivity index (χ4v) is 2.71. The lowest BCUT2D eigenvalue weighted by Gasteiger charge is -2.35. The second kappa shape index (κ2) is 5.71. The first kappa shape index (κ1) is 14.7. The second-order valence-electron chi connectivity index (χ2n) is 5.48. The minimum atomic E-state index is -0.506. The summed E-state index contributed by atoms with van der Waals surface area (Å²) in [5.41, 5.74) is 1.10. The molecule has 0 unspecified atom stereocenters. The van der Waals surface area contributed by atoms with Crippen LogP contribution in [0.25, 0.3) is 10.9 Å². The fourth-order valence-electron chi connectivity index (χ4n) is 2.71. The van der Waals surface area contributed by atoms with E-state index >= 15 is 0 Å². The summed E-state index contributed by atoms with van der Waals surface area (Å²) >= 11 is 0. The van der Waals surface area contributed by atoms with E-state index in [0.717, 1.165) is 24.0 Å². The molecule has 2 aromatic rings. The summed E-state index contributed by atoms with van der Waals surface area (Å²) in [6.45, 7) is 9.84. The fraction of sp³-hybridized carbons (Fsp3) is 0.412. The third kappa shape index (κ3) is 2.59. The van der Waals surface area contributed by atoms with Crippen molar-refractivity contribution in [2.45, 2.75) is 33.2 Å². The average Bonchev–Trinajstić information content (AvgIpc) is 2.47. The number of hydrogen-bond acceptors (Lipinski definition) is 3. The Kier molecular flexibility index (Phi) is 4.19. The number of hydrogen-bond donors (Lipinski definition) is 0. The van der Waals surface area contributed by atoms with Crippen molar-refractivity contribution in [3.05, 3.63) is 42.1 Å². The summed E-state index contributed by atoms with van der Waals surface area (Å²) in [4.78, 5) is 19.3. The van der Waals surface area contributed by atoms with Gasteiger partial charge >= 0.3 is 0 Å². The molecular weight excluding hydrogens is 248 g/mol. The molecule has 1 heterocycles. The molecule has 0 spiro atoms. The third-order valence-corrected chi connectivity index (χ3v) is 3.96. The summed E-state index contributed by atoms with van der Waals surface area (Å²) in [6, 6.07) is 9.81. The number of aromatic nitrogens is 1. The Labute approximate surface area is 120 Å². The molecule has 0 amide bonds. The van der Waals surface area contributed by atoms with Gasteiger partial charge in [0.1, 0.15) is 0 Å². The van der Waals surface area contributed by atoms with Crippen LogP contribution in [-0.2, 0) is 0 Å². The number of nitrogens with zero attached hydrogens (tertiary/aromatic N) is 2. The molecule has 3 nitrogen and oxygen atoms in total. The number of carbonyl (C=O) groups excluding carboxylic acids is 1. The number of likely N-dealkylation sites (N-methyl/N-ethyl adjacent to an activating group) is 1. The highest BCUT2D eigenvalue weighted by Gasteiger charge is 2.33. The van der Waals surface area contributed by atoms with Crippen molar-refractivity contribution in [3.8, 4) is 0 Å². The lowest BCUT2D eigenvalue weighted by Crippen LogP contribution is -2.49. The highest BCUT2D eigenvalue weighted by atomic mass is 16.1. The van der Waals surface area contributed by atoms with Crippen molar-refractivity contribution < 1.29 is 4.79 Å². The standard InChI is InChI=1S/C17H22N2O/c1-5-19(6-2)17(3,4)16(20)14-11-13-9-7-8-10-15(13)18-12-14/h7-12H,5-6H2,1-4H3. The van der Waals surface area contributed by atoms with Crippen LogP contribution in [0.2, 0.25) is 0 Å². The molecule has 0 saturated carbocycles. The largest absolute Gasteiger partial charge is 0.292 e. The summed E-state index contributed by atoms with van der Waals surface area (Å²) in [5.74, 6) is 0.124. The van der Waals surface area contributed by atoms with Gasteiger partial charge in [0, 0.05) is 17.1 Å². The molecule has 0 fully saturated rings. The zero-order valence-corrected chi connectivity index (χ0v) is 12.7. The quantitative estimate of drug-likeness (QED) is 0.779. The van der Waals surface area contributed by atoms with Crippen LogP contribution in [0.4, 0.5) is 0 Å². The van der Waals surface area contributed by atoms with Crippen molar-refractivity contribution in [3.63, 3.8) is 0 Å². The maximum Gasteiger partial charge on any atom is 0.184 e. The monoisotopic (exact) mass is 270 g/mol. The SMILES string of the molecule is CCN(CC)C(C)(C)C(=O)c1cnc2ccccc2c1. The Morgan fingerprint density at radius 2 is 1.85 bits per heavy atom. The van der Waals surface area contributed by atoms with Gasteiger partial charge in [-0.3, -0.25) is 14.7 Å². The molecule has 2 rings (SSSR count). The van der Waals surface area contributed by atoms with Gasteiger partial charge in [0.05, 0.1) is 11.1 Å². The Morgan fingerprint density at radius 1 is 1.20 bits per heavy atom. The van der Waals surface area contributed by atoms with Gasteiger partial charge in [0.2, 0.25) is 0 Å². The van der Waals surface area contributed by atoms with Gasteiger partial charge in [0.25, 0.3) is 0 Å². The van der Waals surface area contributed by atoms with Gasteiger partial charge < -0.3 is 0 Å². The molecule has 0 aliphatic rings. The highest BCUT2D eigenvalue weighted by molar-refractivity contribution is 6.04. The van der Waals surface area contributed by atoms with Crippen LogP contribution in [0.5, 0.6) is 0 Å². The predicted molar refractivity (Wildman–Crippen MR) is 83.1 cm³/mol. The molecule has 1 aromatic heterocycles. The van der Waals surface area contributed by atoms with E-state index in [9.17, 15) is 4.79 Å². The minimum Gasteiger partial charge on any atom is -0.292 e. The molecular formula is C17H22N2O. The number of Topliss-reactive ketones (excluding diaryl/α,β-unsaturated/α-hetero) is 1. The molecule has 106 valence electrons. The van der Waals surface area contributed by atoms with Crippen LogP contribution < -0.4 is 0 Å². The maximum atomic E-state index is 12.8. The van der Waals surface area contributed by atoms with Gasteiger partial charge in [-0.15, -0.1) is 0 Å². The number of ketones is 1. The first-order chi connectivity index (χ1) is 9.50. The summed E-state index contributed by atoms with van der Waals surface area (Å²) in [5, 5.41) is 1.01. The van der Waals surface area contributed by atoms with Gasteiger partial charge in [-0.25, -0.2) is 0 Å². The zero-order chi connectivity index (χ0) is 14.8. The Balaban J connectivity index is 2.40. The van der Waals surface area contributed by atoms with Crippen LogP contribution in [0.3, 0.4) is 0 Å². The lowest BCUT2D eigenvalue weighted by molar-refractivity contribution is 0.0668. The molecule has 3 heteroatoms. The van der Waals surface area contributed by atoms with Crippen LogP contribution >= 0.6 is 0 Å². The second-order valence-corrected chi connectivity index (χ2v) is 5.48. The van der Waals surface area contributed by atoms with E-state index in [1.165, 1.54) is 0 Å². The lowest BCUT2D eigenvalue weighted by atomic mass is 9.91. The van der Waals surface area contributed by atoms with Crippen LogP contribution in [0.1, 0.15) is 38.1 Å². The maximum absolute atomic E-state index is 12.8. The molecule has 0 atom stereocenters. The van der Waals surface area contributed by atoms with Crippen molar-refractivity contribution in [2.75, 3.05) is 13.1 Å². The molecule has 20 heavy (non-hydrogen) atoms. The minimum absolute atomic E-state index is 0.124. The number of carbonyl (C=O) groups is 1. The Morgan fingerprint density at radius 3 is 2.50 bits per heavy atom. The number of rotatable bonds is 5. The average molecular weight is 270 g/mol. The molecule has 0 N–H and O–H groups in total. The number of benzene rings is 1. The predicted octanol–water partition coefficient (Wildman–Crippen LogP) is 3.54. The first-order valence-corrected chi connectivity index (χ1v) is 7.15. The topological polar surface area (TPSA) is 33.2 Å². The number of fused-ring (bicyclic) bond motifs is 1. The van der Waals surface area contributed by atoms with E-state index in [2.05, 4.69) is 23.7 Å². The summed E-state index contributed by atoms with van der Waals surface area (Å²) in [6.07, 6.45) is 1.69. The number of para-hydroxylation sites is 1. The van der Waals surface area contributed by atoms with E-state index in [-0.39, 0.29) is 5.78 Å². The summed E-state index contributed by atoms with van der Waals surface area (Å²) in [7, 11) is 0. The van der Waals surface area contributed by atoms with Gasteiger partial charge in [-0.1, -0.05) is 32.0 Å². The van der Waals surface area contributed by atoms with Gasteiger partial charge in [-0.05, 0) is 39.1 Å². The third-order valence-electron chi connectivity index (χ3n) is 3.96. The van der Waals surface area contributed by atoms with Crippen LogP contribution in [0, 0.1) is 0 Å². The molecule has 0 bridgehead atoms. The smallest absolute Gasteiger partial charge is 0.184 e. The Bertz CT molecular complexity index is 615. The van der Waals surface area contributed by atoms with E-state index < -0.39 is 5.54 Å². The van der Waals surface area contributed by atoms with E-state index in [4.69, 9.17) is 0 Å². The normalized spacial score (nSPS) is 12.1. The molecule has 0 aliphatic carbocycles.